The van der Waals surface area contributed by atoms with E-state index in [1.165, 1.54) is 6.42 Å². The van der Waals surface area contributed by atoms with Crippen LogP contribution in [0.3, 0.4) is 0 Å². The van der Waals surface area contributed by atoms with Crippen molar-refractivity contribution in [3.8, 4) is 0 Å². The molecular formula is C17H33N3O2. The SMILES string of the molecule is CC1CC(C)CN(C(=O)CN2CCN(CC(C)(C)O)CC2)C1. The minimum absolute atomic E-state index is 0.286. The molecule has 128 valence electrons. The van der Waals surface area contributed by atoms with Gasteiger partial charge in [0.25, 0.3) is 0 Å². The molecule has 1 amide bonds. The van der Waals surface area contributed by atoms with Crippen molar-refractivity contribution in [2.45, 2.75) is 39.7 Å². The Morgan fingerprint density at radius 3 is 2.05 bits per heavy atom. The normalized spacial score (nSPS) is 28.9. The van der Waals surface area contributed by atoms with Gasteiger partial charge in [-0.05, 0) is 32.1 Å². The number of aliphatic hydroxyl groups is 1. The van der Waals surface area contributed by atoms with E-state index in [1.54, 1.807) is 0 Å². The van der Waals surface area contributed by atoms with Gasteiger partial charge >= 0.3 is 0 Å². The molecule has 1 N–H and O–H groups in total. The second-order valence-electron chi connectivity index (χ2n) is 8.11. The number of hydrogen-bond donors (Lipinski definition) is 1. The lowest BCUT2D eigenvalue weighted by Gasteiger charge is -2.39. The number of likely N-dealkylation sites (tertiary alicyclic amines) is 1. The number of rotatable bonds is 4. The summed E-state index contributed by atoms with van der Waals surface area (Å²) in [6.45, 7) is 15.0. The van der Waals surface area contributed by atoms with Crippen molar-refractivity contribution in [1.82, 2.24) is 14.7 Å². The first kappa shape index (κ1) is 17.7. The summed E-state index contributed by atoms with van der Waals surface area (Å²) in [6.07, 6.45) is 1.24. The highest BCUT2D eigenvalue weighted by atomic mass is 16.3. The van der Waals surface area contributed by atoms with Crippen molar-refractivity contribution in [1.29, 1.82) is 0 Å². The average molecular weight is 311 g/mol. The van der Waals surface area contributed by atoms with Crippen LogP contribution >= 0.6 is 0 Å². The van der Waals surface area contributed by atoms with Gasteiger partial charge in [0.1, 0.15) is 0 Å². The van der Waals surface area contributed by atoms with Gasteiger partial charge < -0.3 is 10.0 Å². The number of hydrogen-bond acceptors (Lipinski definition) is 4. The number of carbonyl (C=O) groups is 1. The van der Waals surface area contributed by atoms with Gasteiger partial charge in [-0.2, -0.15) is 0 Å². The lowest BCUT2D eigenvalue weighted by atomic mass is 9.92. The first-order valence-corrected chi connectivity index (χ1v) is 8.68. The van der Waals surface area contributed by atoms with Crippen LogP contribution in [-0.4, -0.2) is 83.7 Å². The molecule has 2 fully saturated rings. The molecule has 2 aliphatic rings. The van der Waals surface area contributed by atoms with E-state index >= 15 is 0 Å². The van der Waals surface area contributed by atoms with Gasteiger partial charge in [-0.1, -0.05) is 13.8 Å². The summed E-state index contributed by atoms with van der Waals surface area (Å²) in [4.78, 5) is 19.1. The molecule has 0 bridgehead atoms. The molecule has 5 nitrogen and oxygen atoms in total. The molecule has 0 aliphatic carbocycles. The van der Waals surface area contributed by atoms with E-state index in [1.807, 2.05) is 13.8 Å². The van der Waals surface area contributed by atoms with E-state index in [-0.39, 0.29) is 5.91 Å². The number of piperazine rings is 1. The van der Waals surface area contributed by atoms with E-state index in [2.05, 4.69) is 28.5 Å². The zero-order valence-corrected chi connectivity index (χ0v) is 14.7. The third kappa shape index (κ3) is 5.52. The van der Waals surface area contributed by atoms with Crippen LogP contribution in [0.5, 0.6) is 0 Å². The van der Waals surface area contributed by atoms with Gasteiger partial charge in [-0.25, -0.2) is 0 Å². The van der Waals surface area contributed by atoms with Crippen molar-refractivity contribution >= 4 is 5.91 Å². The Bertz CT molecular complexity index is 363. The lowest BCUT2D eigenvalue weighted by molar-refractivity contribution is -0.135. The molecule has 0 saturated carbocycles. The third-order valence-electron chi connectivity index (χ3n) is 4.66. The molecular weight excluding hydrogens is 278 g/mol. The van der Waals surface area contributed by atoms with Crippen LogP contribution in [0.25, 0.3) is 0 Å². The van der Waals surface area contributed by atoms with Crippen LogP contribution in [-0.2, 0) is 4.79 Å². The highest BCUT2D eigenvalue weighted by Crippen LogP contribution is 2.21. The molecule has 0 spiro atoms. The third-order valence-corrected chi connectivity index (χ3v) is 4.66. The van der Waals surface area contributed by atoms with Crippen LogP contribution < -0.4 is 0 Å². The summed E-state index contributed by atoms with van der Waals surface area (Å²) in [6, 6.07) is 0. The fourth-order valence-electron chi connectivity index (χ4n) is 3.81. The van der Waals surface area contributed by atoms with Crippen molar-refractivity contribution in [2.24, 2.45) is 11.8 Å². The van der Waals surface area contributed by atoms with E-state index < -0.39 is 5.60 Å². The van der Waals surface area contributed by atoms with Gasteiger partial charge in [0.2, 0.25) is 5.91 Å². The maximum atomic E-state index is 12.5. The van der Waals surface area contributed by atoms with Crippen LogP contribution in [0.4, 0.5) is 0 Å². The molecule has 2 atom stereocenters. The van der Waals surface area contributed by atoms with Crippen molar-refractivity contribution in [3.63, 3.8) is 0 Å². The minimum atomic E-state index is -0.641. The first-order valence-electron chi connectivity index (χ1n) is 8.68. The molecule has 0 aromatic rings. The largest absolute Gasteiger partial charge is 0.389 e. The van der Waals surface area contributed by atoms with Crippen molar-refractivity contribution in [3.05, 3.63) is 0 Å². The Morgan fingerprint density at radius 1 is 1.05 bits per heavy atom. The number of β-amino-alcohol motifs (C(OH)–C–C–N with tert-alkyl or cyclic N) is 1. The van der Waals surface area contributed by atoms with Crippen molar-refractivity contribution in [2.75, 3.05) is 52.4 Å². The van der Waals surface area contributed by atoms with Crippen LogP contribution in [0, 0.1) is 11.8 Å². The number of carbonyl (C=O) groups excluding carboxylic acids is 1. The summed E-state index contributed by atoms with van der Waals surface area (Å²) in [5, 5.41) is 9.88. The highest BCUT2D eigenvalue weighted by Gasteiger charge is 2.28. The van der Waals surface area contributed by atoms with Crippen LogP contribution in [0.1, 0.15) is 34.1 Å². The number of piperidine rings is 1. The summed E-state index contributed by atoms with van der Waals surface area (Å²) in [7, 11) is 0. The van der Waals surface area contributed by atoms with Crippen LogP contribution in [0.15, 0.2) is 0 Å². The second-order valence-corrected chi connectivity index (χ2v) is 8.11. The Morgan fingerprint density at radius 2 is 1.55 bits per heavy atom. The molecule has 5 heteroatoms. The zero-order valence-electron chi connectivity index (χ0n) is 14.7. The first-order chi connectivity index (χ1) is 10.2. The molecule has 2 unspecified atom stereocenters. The van der Waals surface area contributed by atoms with E-state index in [0.717, 1.165) is 39.3 Å². The van der Waals surface area contributed by atoms with E-state index in [0.29, 0.717) is 24.9 Å². The Hall–Kier alpha value is -0.650. The highest BCUT2D eigenvalue weighted by molar-refractivity contribution is 5.78. The van der Waals surface area contributed by atoms with Gasteiger partial charge in [0.15, 0.2) is 0 Å². The molecule has 0 radical (unpaired) electrons. The summed E-state index contributed by atoms with van der Waals surface area (Å²) < 4.78 is 0. The maximum absolute atomic E-state index is 12.5. The summed E-state index contributed by atoms with van der Waals surface area (Å²) >= 11 is 0. The lowest BCUT2D eigenvalue weighted by Crippen LogP contribution is -2.53. The molecule has 0 aromatic carbocycles. The van der Waals surface area contributed by atoms with Gasteiger partial charge in [-0.15, -0.1) is 0 Å². The Balaban J connectivity index is 1.75. The predicted molar refractivity (Wildman–Crippen MR) is 88.7 cm³/mol. The quantitative estimate of drug-likeness (QED) is 0.837. The average Bonchev–Trinajstić information content (AvgIpc) is 2.38. The Labute approximate surface area is 135 Å². The predicted octanol–water partition coefficient (Wildman–Crippen LogP) is 0.879. The van der Waals surface area contributed by atoms with Gasteiger partial charge in [0, 0.05) is 45.8 Å². The summed E-state index contributed by atoms with van der Waals surface area (Å²) in [5.74, 6) is 1.53. The van der Waals surface area contributed by atoms with Crippen molar-refractivity contribution < 1.29 is 9.90 Å². The zero-order chi connectivity index (χ0) is 16.3. The minimum Gasteiger partial charge on any atom is -0.389 e. The monoisotopic (exact) mass is 311 g/mol. The smallest absolute Gasteiger partial charge is 0.236 e. The maximum Gasteiger partial charge on any atom is 0.236 e. The molecule has 2 rings (SSSR count). The van der Waals surface area contributed by atoms with E-state index in [4.69, 9.17) is 0 Å². The second kappa shape index (κ2) is 7.28. The standard InChI is InChI=1S/C17H33N3O2/c1-14-9-15(2)11-20(10-14)16(21)12-18-5-7-19(8-6-18)13-17(3,4)22/h14-15,22H,5-13H2,1-4H3. The van der Waals surface area contributed by atoms with E-state index in [9.17, 15) is 9.90 Å². The molecule has 2 heterocycles. The topological polar surface area (TPSA) is 47.0 Å². The van der Waals surface area contributed by atoms with Gasteiger partial charge in [-0.3, -0.25) is 14.6 Å². The fourth-order valence-corrected chi connectivity index (χ4v) is 3.81. The number of amides is 1. The van der Waals surface area contributed by atoms with Crippen LogP contribution in [0.2, 0.25) is 0 Å². The molecule has 0 aromatic heterocycles. The molecule has 2 aliphatic heterocycles. The summed E-state index contributed by atoms with van der Waals surface area (Å²) in [5.41, 5.74) is -0.641. The molecule has 22 heavy (non-hydrogen) atoms. The fraction of sp³-hybridized carbons (Fsp3) is 0.941. The molecule has 2 saturated heterocycles. The number of nitrogens with zero attached hydrogens (tertiary/aromatic N) is 3. The Kier molecular flexibility index (Phi) is 5.86. The van der Waals surface area contributed by atoms with Gasteiger partial charge in [0.05, 0.1) is 12.1 Å².